The Labute approximate surface area is 425 Å². The lowest BCUT2D eigenvalue weighted by Gasteiger charge is -2.26. The molecule has 0 aromatic heterocycles. The fourth-order valence-corrected chi connectivity index (χ4v) is 8.08. The Bertz CT molecular complexity index is 1270. The first-order chi connectivity index (χ1) is 33.6. The van der Waals surface area contributed by atoms with Crippen molar-refractivity contribution in [2.75, 3.05) is 47.5 Å². The number of unbranched alkanes of at least 4 members (excludes halogenated alkanes) is 30. The number of ether oxygens (including phenoxy) is 4. The number of aliphatic carboxylic acids is 1. The van der Waals surface area contributed by atoms with E-state index in [9.17, 15) is 19.5 Å². The first kappa shape index (κ1) is 66.2. The second kappa shape index (κ2) is 51.6. The molecule has 0 aromatic rings. The Morgan fingerprint density at radius 3 is 1.20 bits per heavy atom. The van der Waals surface area contributed by atoms with Crippen LogP contribution >= 0.6 is 0 Å². The Kier molecular flexibility index (Phi) is 49.5. The second-order valence-electron chi connectivity index (χ2n) is 20.6. The molecule has 402 valence electrons. The Balaban J connectivity index is 4.10. The molecule has 9 heteroatoms. The van der Waals surface area contributed by atoms with Gasteiger partial charge in [-0.25, -0.2) is 0 Å². The van der Waals surface area contributed by atoms with E-state index in [0.29, 0.717) is 17.4 Å². The van der Waals surface area contributed by atoms with Gasteiger partial charge in [-0.3, -0.25) is 9.59 Å². The Hall–Kier alpha value is -2.75. The van der Waals surface area contributed by atoms with Crippen molar-refractivity contribution in [1.29, 1.82) is 0 Å². The van der Waals surface area contributed by atoms with E-state index in [1.807, 2.05) is 21.1 Å². The summed E-state index contributed by atoms with van der Waals surface area (Å²) in [6, 6.07) is 0. The zero-order chi connectivity index (χ0) is 50.6. The first-order valence-electron chi connectivity index (χ1n) is 28.8. The zero-order valence-electron chi connectivity index (χ0n) is 45.7. The van der Waals surface area contributed by atoms with Gasteiger partial charge < -0.3 is 33.3 Å². The highest BCUT2D eigenvalue weighted by Gasteiger charge is 2.22. The average molecular weight is 973 g/mol. The molecule has 69 heavy (non-hydrogen) atoms. The van der Waals surface area contributed by atoms with Gasteiger partial charge in [0.1, 0.15) is 13.2 Å². The van der Waals surface area contributed by atoms with Gasteiger partial charge in [0.2, 0.25) is 0 Å². The number of carbonyl (C=O) groups excluding carboxylic acids is 3. The standard InChI is InChI=1S/C60H109NO8/c1-6-8-10-12-14-16-18-20-21-22-23-24-25-26-27-28-29-30-31-32-33-34-35-36-37-39-41-43-45-47-49-51-58(63)69-56(55-68-60(59(64)65)66-53-52-61(3,4)5)54-67-57(62)50-48-46-44-42-40-38-19-17-15-13-11-9-7-2/h11,13,17-20,22-23,56,60H,6-10,12,14-16,21,24-55H2,1-5H3/b13-11-,19-17-,20-18-,23-22-. The zero-order valence-corrected chi connectivity index (χ0v) is 45.7. The van der Waals surface area contributed by atoms with Crippen molar-refractivity contribution < 1.29 is 42.9 Å². The van der Waals surface area contributed by atoms with Gasteiger partial charge in [-0.1, -0.05) is 223 Å². The molecule has 0 amide bonds. The molecule has 0 saturated heterocycles. The van der Waals surface area contributed by atoms with Crippen LogP contribution in [-0.2, 0) is 33.3 Å². The summed E-state index contributed by atoms with van der Waals surface area (Å²) in [5.41, 5.74) is 0. The lowest BCUT2D eigenvalue weighted by atomic mass is 10.0. The van der Waals surface area contributed by atoms with Crippen molar-refractivity contribution in [3.8, 4) is 0 Å². The number of likely N-dealkylation sites (N-methyl/N-ethyl adjacent to an activating group) is 1. The van der Waals surface area contributed by atoms with Crippen molar-refractivity contribution in [3.05, 3.63) is 48.6 Å². The van der Waals surface area contributed by atoms with Crippen LogP contribution in [0.4, 0.5) is 0 Å². The number of rotatable bonds is 53. The van der Waals surface area contributed by atoms with Crippen LogP contribution in [0, 0.1) is 0 Å². The Morgan fingerprint density at radius 2 is 0.812 bits per heavy atom. The summed E-state index contributed by atoms with van der Waals surface area (Å²) in [7, 11) is 5.92. The Morgan fingerprint density at radius 1 is 0.435 bits per heavy atom. The number of carboxylic acids is 1. The predicted molar refractivity (Wildman–Crippen MR) is 288 cm³/mol. The van der Waals surface area contributed by atoms with Crippen LogP contribution in [0.25, 0.3) is 0 Å². The van der Waals surface area contributed by atoms with Gasteiger partial charge in [0.15, 0.2) is 12.4 Å². The molecule has 0 aliphatic heterocycles. The number of esters is 2. The molecule has 2 unspecified atom stereocenters. The number of quaternary nitrogens is 1. The van der Waals surface area contributed by atoms with E-state index in [1.54, 1.807) is 0 Å². The molecule has 0 rings (SSSR count). The van der Waals surface area contributed by atoms with E-state index < -0.39 is 24.3 Å². The summed E-state index contributed by atoms with van der Waals surface area (Å²) in [6.07, 6.45) is 60.3. The topological polar surface area (TPSA) is 111 Å². The maximum atomic E-state index is 12.8. The second-order valence-corrected chi connectivity index (χ2v) is 20.6. The molecular formula is C60H109NO8. The molecule has 0 bridgehead atoms. The molecule has 9 nitrogen and oxygen atoms in total. The van der Waals surface area contributed by atoms with Gasteiger partial charge in [-0.15, -0.1) is 0 Å². The molecule has 0 spiro atoms. The molecular weight excluding hydrogens is 863 g/mol. The summed E-state index contributed by atoms with van der Waals surface area (Å²) in [5.74, 6) is -2.29. The smallest absolute Gasteiger partial charge is 0.306 e. The van der Waals surface area contributed by atoms with Gasteiger partial charge in [0.25, 0.3) is 0 Å². The molecule has 0 N–H and O–H groups in total. The lowest BCUT2D eigenvalue weighted by molar-refractivity contribution is -0.870. The number of hydrogen-bond acceptors (Lipinski definition) is 8. The lowest BCUT2D eigenvalue weighted by Crippen LogP contribution is -2.44. The van der Waals surface area contributed by atoms with Crippen LogP contribution in [0.1, 0.15) is 258 Å². The molecule has 0 radical (unpaired) electrons. The van der Waals surface area contributed by atoms with Gasteiger partial charge in [0.05, 0.1) is 40.3 Å². The molecule has 0 saturated carbocycles. The number of nitrogens with zero attached hydrogens (tertiary/aromatic N) is 1. The molecule has 0 aromatic carbocycles. The molecule has 0 aliphatic rings. The third-order valence-electron chi connectivity index (χ3n) is 12.5. The molecule has 0 aliphatic carbocycles. The monoisotopic (exact) mass is 972 g/mol. The van der Waals surface area contributed by atoms with Gasteiger partial charge in [0, 0.05) is 12.8 Å². The quantitative estimate of drug-likeness (QED) is 0.0195. The highest BCUT2D eigenvalue weighted by Crippen LogP contribution is 2.16. The number of carboxylic acid groups (broad SMARTS) is 1. The minimum atomic E-state index is -1.62. The average Bonchev–Trinajstić information content (AvgIpc) is 3.31. The maximum Gasteiger partial charge on any atom is 0.306 e. The van der Waals surface area contributed by atoms with Gasteiger partial charge in [-0.05, 0) is 70.6 Å². The van der Waals surface area contributed by atoms with Gasteiger partial charge >= 0.3 is 11.9 Å². The van der Waals surface area contributed by atoms with Crippen LogP contribution in [0.15, 0.2) is 48.6 Å². The highest BCUT2D eigenvalue weighted by molar-refractivity contribution is 5.70. The minimum absolute atomic E-state index is 0.146. The van der Waals surface area contributed by atoms with E-state index in [4.69, 9.17) is 18.9 Å². The fraction of sp³-hybridized carbons (Fsp3) is 0.817. The summed E-state index contributed by atoms with van der Waals surface area (Å²) >= 11 is 0. The van der Waals surface area contributed by atoms with Crippen molar-refractivity contribution in [1.82, 2.24) is 0 Å². The van der Waals surface area contributed by atoms with Crippen LogP contribution in [0.2, 0.25) is 0 Å². The fourth-order valence-electron chi connectivity index (χ4n) is 8.08. The van der Waals surface area contributed by atoms with Crippen LogP contribution in [-0.4, -0.2) is 82.3 Å². The first-order valence-corrected chi connectivity index (χ1v) is 28.8. The molecule has 2 atom stereocenters. The van der Waals surface area contributed by atoms with Crippen molar-refractivity contribution in [2.24, 2.45) is 0 Å². The number of allylic oxidation sites excluding steroid dienone is 8. The van der Waals surface area contributed by atoms with E-state index in [1.165, 1.54) is 154 Å². The van der Waals surface area contributed by atoms with Crippen LogP contribution < -0.4 is 5.11 Å². The normalized spacial score (nSPS) is 13.1. The van der Waals surface area contributed by atoms with E-state index in [-0.39, 0.29) is 38.6 Å². The van der Waals surface area contributed by atoms with E-state index in [2.05, 4.69) is 62.5 Å². The summed E-state index contributed by atoms with van der Waals surface area (Å²) in [5, 5.41) is 11.7. The SMILES string of the molecule is CCC/C=C\C/C=C\CCCCCCCC(=O)OCC(COC(OCC[N+](C)(C)C)C(=O)[O-])OC(=O)CCCCCCCCCCCCCCCCCCCCC/C=C\C/C=C\CCCCCCC. The van der Waals surface area contributed by atoms with E-state index in [0.717, 1.165) is 70.6 Å². The highest BCUT2D eigenvalue weighted by atomic mass is 16.7. The van der Waals surface area contributed by atoms with Crippen LogP contribution in [0.5, 0.6) is 0 Å². The molecule has 0 fully saturated rings. The third-order valence-corrected chi connectivity index (χ3v) is 12.5. The molecule has 0 heterocycles. The third kappa shape index (κ3) is 52.9. The predicted octanol–water partition coefficient (Wildman–Crippen LogP) is 15.3. The van der Waals surface area contributed by atoms with Crippen molar-refractivity contribution >= 4 is 17.9 Å². The summed E-state index contributed by atoms with van der Waals surface area (Å²) in [6.45, 7) is 4.67. The van der Waals surface area contributed by atoms with Gasteiger partial charge in [-0.2, -0.15) is 0 Å². The maximum absolute atomic E-state index is 12.8. The van der Waals surface area contributed by atoms with E-state index >= 15 is 0 Å². The van der Waals surface area contributed by atoms with Crippen molar-refractivity contribution in [3.63, 3.8) is 0 Å². The largest absolute Gasteiger partial charge is 0.545 e. The van der Waals surface area contributed by atoms with Crippen molar-refractivity contribution in [2.45, 2.75) is 270 Å². The van der Waals surface area contributed by atoms with Crippen LogP contribution in [0.3, 0.4) is 0 Å². The minimum Gasteiger partial charge on any atom is -0.545 e. The number of carbonyl (C=O) groups is 3. The summed E-state index contributed by atoms with van der Waals surface area (Å²) < 4.78 is 22.6. The summed E-state index contributed by atoms with van der Waals surface area (Å²) in [4.78, 5) is 37.2. The number of hydrogen-bond donors (Lipinski definition) is 0.